The Morgan fingerprint density at radius 3 is 2.64 bits per heavy atom. The standard InChI is InChI=1S/C18H22ClNO5/c1-24-15-10-12(19)2-3-13(15)17(21)20-7-4-11(5-8-20)16-14(18(22)23)6-9-25-16/h2-3,10-11,14,16H,4-9H2,1H3,(H,22,23)/t14?,16-/m0/s1. The SMILES string of the molecule is COc1cc(Cl)ccc1C(=O)N1CCC([C@@H]2OCCC2C(=O)O)CC1. The number of methoxy groups -OCH3 is 1. The van der Waals surface area contributed by atoms with Crippen molar-refractivity contribution in [1.29, 1.82) is 0 Å². The Morgan fingerprint density at radius 2 is 2.00 bits per heavy atom. The van der Waals surface area contributed by atoms with E-state index in [2.05, 4.69) is 0 Å². The fourth-order valence-electron chi connectivity index (χ4n) is 3.78. The molecule has 0 radical (unpaired) electrons. The van der Waals surface area contributed by atoms with E-state index < -0.39 is 11.9 Å². The molecule has 0 aliphatic carbocycles. The average Bonchev–Trinajstić information content (AvgIpc) is 3.11. The molecule has 0 saturated carbocycles. The number of hydrogen-bond donors (Lipinski definition) is 1. The molecule has 2 aliphatic rings. The normalized spacial score (nSPS) is 24.3. The Balaban J connectivity index is 1.64. The third kappa shape index (κ3) is 3.75. The van der Waals surface area contributed by atoms with Crippen LogP contribution in [-0.2, 0) is 9.53 Å². The van der Waals surface area contributed by atoms with Crippen LogP contribution >= 0.6 is 11.6 Å². The zero-order valence-corrected chi connectivity index (χ0v) is 14.9. The predicted molar refractivity (Wildman–Crippen MR) is 92.1 cm³/mol. The van der Waals surface area contributed by atoms with Gasteiger partial charge in [0.15, 0.2) is 0 Å². The number of carbonyl (C=O) groups is 2. The van der Waals surface area contributed by atoms with Gasteiger partial charge in [-0.05, 0) is 43.4 Å². The quantitative estimate of drug-likeness (QED) is 0.885. The molecule has 1 unspecified atom stereocenters. The van der Waals surface area contributed by atoms with E-state index in [-0.39, 0.29) is 17.9 Å². The number of carbonyl (C=O) groups excluding carboxylic acids is 1. The number of likely N-dealkylation sites (tertiary alicyclic amines) is 1. The monoisotopic (exact) mass is 367 g/mol. The van der Waals surface area contributed by atoms with Crippen molar-refractivity contribution >= 4 is 23.5 Å². The maximum atomic E-state index is 12.8. The van der Waals surface area contributed by atoms with Gasteiger partial charge in [0.25, 0.3) is 5.91 Å². The fraction of sp³-hybridized carbons (Fsp3) is 0.556. The number of amides is 1. The molecule has 7 heteroatoms. The molecule has 3 rings (SSSR count). The second-order valence-electron chi connectivity index (χ2n) is 6.54. The van der Waals surface area contributed by atoms with E-state index in [0.29, 0.717) is 42.5 Å². The second-order valence-corrected chi connectivity index (χ2v) is 6.98. The van der Waals surface area contributed by atoms with Crippen molar-refractivity contribution in [2.75, 3.05) is 26.8 Å². The van der Waals surface area contributed by atoms with Crippen molar-refractivity contribution < 1.29 is 24.2 Å². The number of ether oxygens (including phenoxy) is 2. The van der Waals surface area contributed by atoms with Gasteiger partial charge in [0, 0.05) is 24.7 Å². The highest BCUT2D eigenvalue weighted by atomic mass is 35.5. The highest BCUT2D eigenvalue weighted by Gasteiger charge is 2.41. The van der Waals surface area contributed by atoms with E-state index in [1.807, 2.05) is 0 Å². The van der Waals surface area contributed by atoms with Gasteiger partial charge in [-0.3, -0.25) is 9.59 Å². The summed E-state index contributed by atoms with van der Waals surface area (Å²) < 4.78 is 10.9. The van der Waals surface area contributed by atoms with E-state index in [4.69, 9.17) is 21.1 Å². The highest BCUT2D eigenvalue weighted by Crippen LogP contribution is 2.34. The van der Waals surface area contributed by atoms with Gasteiger partial charge >= 0.3 is 5.97 Å². The molecule has 0 bridgehead atoms. The molecule has 1 aromatic rings. The number of piperidine rings is 1. The molecule has 2 atom stereocenters. The van der Waals surface area contributed by atoms with Gasteiger partial charge < -0.3 is 19.5 Å². The summed E-state index contributed by atoms with van der Waals surface area (Å²) in [7, 11) is 1.51. The molecule has 6 nitrogen and oxygen atoms in total. The maximum Gasteiger partial charge on any atom is 0.309 e. The van der Waals surface area contributed by atoms with E-state index >= 15 is 0 Å². The van der Waals surface area contributed by atoms with Gasteiger partial charge in [0.05, 0.1) is 24.7 Å². The molecule has 1 N–H and O–H groups in total. The first-order valence-electron chi connectivity index (χ1n) is 8.48. The molecule has 2 fully saturated rings. The number of hydrogen-bond acceptors (Lipinski definition) is 4. The summed E-state index contributed by atoms with van der Waals surface area (Å²) in [6, 6.07) is 4.98. The number of carboxylic acid groups (broad SMARTS) is 1. The second kappa shape index (κ2) is 7.62. The van der Waals surface area contributed by atoms with Crippen LogP contribution in [0.5, 0.6) is 5.75 Å². The van der Waals surface area contributed by atoms with Crippen molar-refractivity contribution in [2.24, 2.45) is 11.8 Å². The van der Waals surface area contributed by atoms with Gasteiger partial charge in [-0.2, -0.15) is 0 Å². The minimum Gasteiger partial charge on any atom is -0.496 e. The molecule has 25 heavy (non-hydrogen) atoms. The first kappa shape index (κ1) is 18.0. The fourth-order valence-corrected chi connectivity index (χ4v) is 3.95. The number of rotatable bonds is 4. The van der Waals surface area contributed by atoms with Crippen LogP contribution in [-0.4, -0.2) is 54.8 Å². The van der Waals surface area contributed by atoms with Gasteiger partial charge in [-0.15, -0.1) is 0 Å². The highest BCUT2D eigenvalue weighted by molar-refractivity contribution is 6.30. The number of halogens is 1. The largest absolute Gasteiger partial charge is 0.496 e. The van der Waals surface area contributed by atoms with Crippen molar-refractivity contribution in [3.8, 4) is 5.75 Å². The molecule has 2 saturated heterocycles. The smallest absolute Gasteiger partial charge is 0.309 e. The summed E-state index contributed by atoms with van der Waals surface area (Å²) in [5.41, 5.74) is 0.492. The lowest BCUT2D eigenvalue weighted by molar-refractivity contribution is -0.145. The Morgan fingerprint density at radius 1 is 1.28 bits per heavy atom. The molecular weight excluding hydrogens is 346 g/mol. The molecule has 2 aliphatic heterocycles. The third-order valence-corrected chi connectivity index (χ3v) is 5.37. The summed E-state index contributed by atoms with van der Waals surface area (Å²) in [6.45, 7) is 1.67. The summed E-state index contributed by atoms with van der Waals surface area (Å²) in [5.74, 6) is -0.658. The van der Waals surface area contributed by atoms with Crippen molar-refractivity contribution in [3.05, 3.63) is 28.8 Å². The summed E-state index contributed by atoms with van der Waals surface area (Å²) >= 11 is 5.95. The lowest BCUT2D eigenvalue weighted by Gasteiger charge is -2.35. The Hall–Kier alpha value is -1.79. The van der Waals surface area contributed by atoms with Gasteiger partial charge in [0.2, 0.25) is 0 Å². The third-order valence-electron chi connectivity index (χ3n) is 5.14. The topological polar surface area (TPSA) is 76.1 Å². The average molecular weight is 368 g/mol. The van der Waals surface area contributed by atoms with Crippen LogP contribution in [0.15, 0.2) is 18.2 Å². The van der Waals surface area contributed by atoms with Gasteiger partial charge in [-0.25, -0.2) is 0 Å². The predicted octanol–water partition coefficient (Wildman–Crippen LogP) is 2.69. The Labute approximate surface area is 151 Å². The van der Waals surface area contributed by atoms with Crippen LogP contribution in [0.1, 0.15) is 29.6 Å². The minimum atomic E-state index is -0.785. The van der Waals surface area contributed by atoms with Crippen LogP contribution in [0.4, 0.5) is 0 Å². The molecule has 0 spiro atoms. The Bertz CT molecular complexity index is 657. The molecule has 1 amide bonds. The number of benzene rings is 1. The minimum absolute atomic E-state index is 0.0888. The van der Waals surface area contributed by atoms with Crippen LogP contribution < -0.4 is 4.74 Å². The first-order valence-corrected chi connectivity index (χ1v) is 8.86. The van der Waals surface area contributed by atoms with E-state index in [1.165, 1.54) is 7.11 Å². The van der Waals surface area contributed by atoms with E-state index in [0.717, 1.165) is 12.8 Å². The maximum absolute atomic E-state index is 12.8. The molecule has 2 heterocycles. The van der Waals surface area contributed by atoms with Crippen molar-refractivity contribution in [2.45, 2.75) is 25.4 Å². The van der Waals surface area contributed by atoms with E-state index in [9.17, 15) is 14.7 Å². The number of carboxylic acids is 1. The first-order chi connectivity index (χ1) is 12.0. The molecule has 136 valence electrons. The molecular formula is C18H22ClNO5. The van der Waals surface area contributed by atoms with Crippen LogP contribution in [0, 0.1) is 11.8 Å². The lowest BCUT2D eigenvalue weighted by Crippen LogP contribution is -2.43. The van der Waals surface area contributed by atoms with Crippen LogP contribution in [0.3, 0.4) is 0 Å². The number of aliphatic carboxylic acids is 1. The van der Waals surface area contributed by atoms with Crippen LogP contribution in [0.25, 0.3) is 0 Å². The molecule has 1 aromatic carbocycles. The lowest BCUT2D eigenvalue weighted by atomic mass is 9.84. The summed E-state index contributed by atoms with van der Waals surface area (Å²) in [5, 5.41) is 9.83. The van der Waals surface area contributed by atoms with Gasteiger partial charge in [-0.1, -0.05) is 11.6 Å². The van der Waals surface area contributed by atoms with Crippen LogP contribution in [0.2, 0.25) is 5.02 Å². The molecule has 0 aromatic heterocycles. The van der Waals surface area contributed by atoms with Gasteiger partial charge in [0.1, 0.15) is 5.75 Å². The number of nitrogens with zero attached hydrogens (tertiary/aromatic N) is 1. The summed E-state index contributed by atoms with van der Waals surface area (Å²) in [6.07, 6.45) is 1.83. The zero-order valence-electron chi connectivity index (χ0n) is 14.1. The Kier molecular flexibility index (Phi) is 5.49. The summed E-state index contributed by atoms with van der Waals surface area (Å²) in [4.78, 5) is 25.9. The van der Waals surface area contributed by atoms with E-state index in [1.54, 1.807) is 23.1 Å². The van der Waals surface area contributed by atoms with Crippen molar-refractivity contribution in [1.82, 2.24) is 4.90 Å². The zero-order chi connectivity index (χ0) is 18.0. The van der Waals surface area contributed by atoms with Crippen molar-refractivity contribution in [3.63, 3.8) is 0 Å².